The number of carbonyl (C=O) groups excluding carboxylic acids is 4. The van der Waals surface area contributed by atoms with E-state index in [-0.39, 0.29) is 25.2 Å². The molecule has 0 unspecified atom stereocenters. The van der Waals surface area contributed by atoms with Crippen LogP contribution in [0.1, 0.15) is 41.5 Å². The third kappa shape index (κ3) is 8.50. The fourth-order valence-electron chi connectivity index (χ4n) is 3.05. The Bertz CT molecular complexity index is 801. The molecule has 12 nitrogen and oxygen atoms in total. The molecule has 2 saturated heterocycles. The van der Waals surface area contributed by atoms with Crippen molar-refractivity contribution in [2.24, 2.45) is 5.41 Å². The van der Waals surface area contributed by atoms with Crippen molar-refractivity contribution in [1.29, 1.82) is 0 Å². The number of hydrogen-bond acceptors (Lipinski definition) is 12. The van der Waals surface area contributed by atoms with Gasteiger partial charge in [-0.2, -0.15) is 0 Å². The van der Waals surface area contributed by atoms with Crippen molar-refractivity contribution in [3.63, 3.8) is 0 Å². The van der Waals surface area contributed by atoms with Gasteiger partial charge in [0.15, 0.2) is 0 Å². The van der Waals surface area contributed by atoms with Crippen molar-refractivity contribution in [3.05, 3.63) is 0 Å². The Hall–Kier alpha value is -1.22. The minimum absolute atomic E-state index is 0.195. The van der Waals surface area contributed by atoms with Crippen LogP contribution in [0.4, 0.5) is 0 Å². The van der Waals surface area contributed by atoms with Crippen LogP contribution < -0.4 is 0 Å². The van der Waals surface area contributed by atoms with Gasteiger partial charge in [-0.25, -0.2) is 0 Å². The van der Waals surface area contributed by atoms with Crippen LogP contribution in [-0.4, -0.2) is 92.6 Å². The van der Waals surface area contributed by atoms with Gasteiger partial charge in [0.25, 0.3) is 0 Å². The second-order valence-corrected chi connectivity index (χ2v) is 16.9. The molecule has 2 aliphatic rings. The van der Waals surface area contributed by atoms with E-state index in [2.05, 4.69) is 0 Å². The maximum atomic E-state index is 13.3. The molecular weight excluding hydrogens is 579 g/mol. The average Bonchev–Trinajstić information content (AvgIpc) is 2.67. The summed E-state index contributed by atoms with van der Waals surface area (Å²) in [4.78, 5) is 46.8. The number of esters is 4. The van der Waals surface area contributed by atoms with Gasteiger partial charge in [0.2, 0.25) is 0 Å². The molecule has 2 aliphatic heterocycles. The van der Waals surface area contributed by atoms with E-state index in [1.807, 2.05) is 13.8 Å². The van der Waals surface area contributed by atoms with Gasteiger partial charge in [-0.05, 0) is 0 Å². The Morgan fingerprint density at radius 1 is 0.848 bits per heavy atom. The first-order chi connectivity index (χ1) is 15.2. The van der Waals surface area contributed by atoms with Crippen LogP contribution >= 0.6 is 5.29 Å². The summed E-state index contributed by atoms with van der Waals surface area (Å²) < 4.78 is 50.5. The third-order valence-corrected chi connectivity index (χ3v) is 12.6. The predicted octanol–water partition coefficient (Wildman–Crippen LogP) is 0.955. The van der Waals surface area contributed by atoms with Crippen molar-refractivity contribution in [3.8, 4) is 0 Å². The van der Waals surface area contributed by atoms with Gasteiger partial charge in [-0.3, -0.25) is 0 Å². The van der Waals surface area contributed by atoms with Crippen LogP contribution in [0, 0.1) is 5.41 Å². The zero-order valence-electron chi connectivity index (χ0n) is 19.3. The maximum absolute atomic E-state index is 13.3. The van der Waals surface area contributed by atoms with Crippen molar-refractivity contribution in [2.45, 2.75) is 70.1 Å². The van der Waals surface area contributed by atoms with Crippen LogP contribution in [0.25, 0.3) is 0 Å². The molecule has 0 aromatic rings. The molecule has 0 aromatic carbocycles. The summed E-state index contributed by atoms with van der Waals surface area (Å²) in [5, 5.41) is -3.56. The van der Waals surface area contributed by atoms with Gasteiger partial charge in [0.05, 0.1) is 0 Å². The molecule has 5 atom stereocenters. The summed E-state index contributed by atoms with van der Waals surface area (Å²) in [7, 11) is 0. The molecule has 14 heteroatoms. The fourth-order valence-corrected chi connectivity index (χ4v) is 11.3. The summed E-state index contributed by atoms with van der Waals surface area (Å²) >= 11 is -1.86. The molecule has 0 saturated carbocycles. The number of rotatable bonds is 7. The van der Waals surface area contributed by atoms with Gasteiger partial charge in [-0.1, -0.05) is 0 Å². The molecule has 0 spiro atoms. The average molecular weight is 608 g/mol. The molecule has 188 valence electrons. The fraction of sp³-hybridized carbons (Fsp3) is 0.789. The summed E-state index contributed by atoms with van der Waals surface area (Å²) in [6.07, 6.45) is -4.89. The van der Waals surface area contributed by atoms with E-state index in [0.717, 1.165) is 20.8 Å². The molecule has 0 aliphatic carbocycles. The van der Waals surface area contributed by atoms with E-state index in [9.17, 15) is 23.7 Å². The van der Waals surface area contributed by atoms with E-state index in [0.29, 0.717) is 0 Å². The molecule has 2 rings (SSSR count). The molecule has 2 fully saturated rings. The van der Waals surface area contributed by atoms with Gasteiger partial charge in [-0.15, -0.1) is 0 Å². The van der Waals surface area contributed by atoms with Gasteiger partial charge in [0.1, 0.15) is 0 Å². The van der Waals surface area contributed by atoms with E-state index in [4.69, 9.17) is 32.7 Å². The van der Waals surface area contributed by atoms with Gasteiger partial charge < -0.3 is 0 Å². The molecule has 0 N–H and O–H groups in total. The van der Waals surface area contributed by atoms with Crippen LogP contribution in [0.15, 0.2) is 0 Å². The molecule has 2 heterocycles. The Morgan fingerprint density at radius 2 is 1.33 bits per heavy atom. The van der Waals surface area contributed by atoms with Crippen molar-refractivity contribution in [1.82, 2.24) is 0 Å². The second-order valence-electron chi connectivity index (χ2n) is 8.33. The van der Waals surface area contributed by atoms with Crippen LogP contribution in [-0.2, 0) is 56.5 Å². The number of ether oxygens (including phenoxy) is 5. The summed E-state index contributed by atoms with van der Waals surface area (Å²) in [5.41, 5.74) is -0.331. The number of hydrogen-bond donors (Lipinski definition) is 0. The van der Waals surface area contributed by atoms with Crippen LogP contribution in [0.3, 0.4) is 0 Å². The summed E-state index contributed by atoms with van der Waals surface area (Å²) in [6, 6.07) is 0. The van der Waals surface area contributed by atoms with Crippen molar-refractivity contribution < 1.29 is 56.5 Å². The predicted molar refractivity (Wildman–Crippen MR) is 111 cm³/mol. The van der Waals surface area contributed by atoms with E-state index in [1.54, 1.807) is 0 Å². The minimum atomic E-state index is -3.56. The Kier molecular flexibility index (Phi) is 9.74. The van der Waals surface area contributed by atoms with Gasteiger partial charge >= 0.3 is 201 Å². The topological polar surface area (TPSA) is 150 Å². The summed E-state index contributed by atoms with van der Waals surface area (Å²) in [6.45, 7) is 8.43. The zero-order chi connectivity index (χ0) is 25.0. The Morgan fingerprint density at radius 3 is 1.82 bits per heavy atom. The van der Waals surface area contributed by atoms with E-state index >= 15 is 0 Å². The van der Waals surface area contributed by atoms with E-state index in [1.165, 1.54) is 6.92 Å². The molecule has 33 heavy (non-hydrogen) atoms. The van der Waals surface area contributed by atoms with Crippen molar-refractivity contribution in [2.75, 3.05) is 19.8 Å². The van der Waals surface area contributed by atoms with Crippen LogP contribution in [0.2, 0.25) is 0 Å². The van der Waals surface area contributed by atoms with Gasteiger partial charge in [0, 0.05) is 0 Å². The Labute approximate surface area is 201 Å². The first-order valence-electron chi connectivity index (χ1n) is 10.1. The molecular formula is C19H29O12PTe. The van der Waals surface area contributed by atoms with E-state index < -0.39 is 78.1 Å². The standard InChI is InChI=1S/C19H29O12PTe/c1-10(20)25-7-14-15(28-11(2)21)16(29-12(3)22)17(30-13(4)23)18(31-14)33-32(24)26-8-19(5,6)9-27-32/h14-18H,7-9H2,1-6H3/t14-,15-,16+,17-,18+/m1/s1. The Balaban J connectivity index is 2.40. The zero-order valence-corrected chi connectivity index (χ0v) is 22.5. The molecule has 0 amide bonds. The van der Waals surface area contributed by atoms with Crippen LogP contribution in [0.5, 0.6) is 0 Å². The quantitative estimate of drug-likeness (QED) is 0.175. The first kappa shape index (κ1) is 28.0. The molecule has 0 aromatic heterocycles. The third-order valence-electron chi connectivity index (χ3n) is 4.41. The van der Waals surface area contributed by atoms with Crippen molar-refractivity contribution >= 4 is 49.5 Å². The second kappa shape index (κ2) is 11.5. The normalized spacial score (nSPS) is 30.5. The monoisotopic (exact) mass is 610 g/mol. The first-order valence-corrected chi connectivity index (χ1v) is 16.0. The molecule has 0 radical (unpaired) electrons. The SMILES string of the molecule is CC(=O)OC[C@H]1O[C@@H]([Te]P2(=O)OCC(C)(C)CO2)[C@H](OC(C)=O)[C@@H](OC(C)=O)[C@@H]1OC(C)=O. The molecule has 0 bridgehead atoms. The summed E-state index contributed by atoms with van der Waals surface area (Å²) in [5.74, 6) is -2.80. The number of carbonyl (C=O) groups is 4.